The number of esters is 1. The van der Waals surface area contributed by atoms with Gasteiger partial charge in [0.1, 0.15) is 17.7 Å². The van der Waals surface area contributed by atoms with Crippen LogP contribution in [0.5, 0.6) is 0 Å². The molecule has 108 valence electrons. The Balaban J connectivity index is 2.84. The molecule has 1 aromatic rings. The van der Waals surface area contributed by atoms with Gasteiger partial charge in [-0.25, -0.2) is 13.6 Å². The Morgan fingerprint density at radius 1 is 1.45 bits per heavy atom. The average Bonchev–Trinajstić information content (AvgIpc) is 2.42. The molecule has 0 bridgehead atoms. The average molecular weight is 283 g/mol. The normalized spacial score (nSPS) is 11.6. The summed E-state index contributed by atoms with van der Waals surface area (Å²) >= 11 is 0. The number of hydrogen-bond acceptors (Lipinski definition) is 3. The van der Waals surface area contributed by atoms with E-state index in [0.29, 0.717) is 12.5 Å². The summed E-state index contributed by atoms with van der Waals surface area (Å²) in [6.45, 7) is 3.51. The molecule has 0 heterocycles. The number of rotatable bonds is 6. The molecule has 1 aromatic carbocycles. The predicted octanol–water partition coefficient (Wildman–Crippen LogP) is 2.20. The third-order valence-corrected chi connectivity index (χ3v) is 2.63. The van der Waals surface area contributed by atoms with Gasteiger partial charge in [0.25, 0.3) is 5.91 Å². The molecule has 0 aliphatic rings. The highest BCUT2D eigenvalue weighted by molar-refractivity contribution is 5.96. The van der Waals surface area contributed by atoms with Crippen LogP contribution in [0.25, 0.3) is 0 Å². The Morgan fingerprint density at radius 3 is 2.70 bits per heavy atom. The highest BCUT2D eigenvalue weighted by Crippen LogP contribution is 2.10. The van der Waals surface area contributed by atoms with E-state index >= 15 is 0 Å². The molecule has 1 atom stereocenters. The van der Waals surface area contributed by atoms with E-state index in [4.69, 9.17) is 0 Å². The molecule has 1 N–H and O–H groups in total. The Hall–Kier alpha value is -2.24. The smallest absolute Gasteiger partial charge is 0.328 e. The number of ether oxygens (including phenoxy) is 1. The van der Waals surface area contributed by atoms with Gasteiger partial charge in [-0.15, -0.1) is 6.58 Å². The summed E-state index contributed by atoms with van der Waals surface area (Å²) in [5.74, 6) is -3.21. The predicted molar refractivity (Wildman–Crippen MR) is 69.1 cm³/mol. The van der Waals surface area contributed by atoms with Gasteiger partial charge in [0.2, 0.25) is 0 Å². The maximum absolute atomic E-state index is 13.5. The Labute approximate surface area is 115 Å². The van der Waals surface area contributed by atoms with E-state index in [-0.39, 0.29) is 12.0 Å². The zero-order valence-electron chi connectivity index (χ0n) is 11.0. The lowest BCUT2D eigenvalue weighted by atomic mass is 10.1. The van der Waals surface area contributed by atoms with Crippen LogP contribution in [0.1, 0.15) is 23.2 Å². The third kappa shape index (κ3) is 4.15. The van der Waals surface area contributed by atoms with Gasteiger partial charge < -0.3 is 10.1 Å². The first-order chi connectivity index (χ1) is 9.49. The number of allylic oxidation sites excluding steroid dienone is 1. The second kappa shape index (κ2) is 7.37. The van der Waals surface area contributed by atoms with E-state index in [1.807, 2.05) is 0 Å². The van der Waals surface area contributed by atoms with Crippen LogP contribution in [0.3, 0.4) is 0 Å². The molecule has 0 fully saturated rings. The summed E-state index contributed by atoms with van der Waals surface area (Å²) in [7, 11) is 1.19. The second-order valence-electron chi connectivity index (χ2n) is 4.04. The van der Waals surface area contributed by atoms with Gasteiger partial charge in [-0.1, -0.05) is 6.08 Å². The molecule has 6 heteroatoms. The van der Waals surface area contributed by atoms with Crippen LogP contribution < -0.4 is 5.32 Å². The van der Waals surface area contributed by atoms with E-state index in [1.54, 1.807) is 6.08 Å². The number of hydrogen-bond donors (Lipinski definition) is 1. The SMILES string of the molecule is C=CCC[C@@H](NC(=O)c1ccc(F)cc1F)C(=O)OC. The summed E-state index contributed by atoms with van der Waals surface area (Å²) < 4.78 is 30.8. The lowest BCUT2D eigenvalue weighted by Crippen LogP contribution is -2.41. The number of carbonyl (C=O) groups excluding carboxylic acids is 2. The van der Waals surface area contributed by atoms with Crippen molar-refractivity contribution in [3.8, 4) is 0 Å². The van der Waals surface area contributed by atoms with Gasteiger partial charge in [0.15, 0.2) is 0 Å². The molecule has 0 aromatic heterocycles. The zero-order valence-corrected chi connectivity index (χ0v) is 11.0. The molecule has 1 rings (SSSR count). The van der Waals surface area contributed by atoms with E-state index in [2.05, 4.69) is 16.6 Å². The van der Waals surface area contributed by atoms with Crippen LogP contribution >= 0.6 is 0 Å². The molecule has 0 spiro atoms. The summed E-state index contributed by atoms with van der Waals surface area (Å²) in [6, 6.07) is 1.68. The van der Waals surface area contributed by atoms with Crippen molar-refractivity contribution in [1.29, 1.82) is 0 Å². The Morgan fingerprint density at radius 2 is 2.15 bits per heavy atom. The van der Waals surface area contributed by atoms with Crippen molar-refractivity contribution in [2.24, 2.45) is 0 Å². The van der Waals surface area contributed by atoms with Gasteiger partial charge >= 0.3 is 5.97 Å². The highest BCUT2D eigenvalue weighted by atomic mass is 19.1. The summed E-state index contributed by atoms with van der Waals surface area (Å²) in [6.07, 6.45) is 2.34. The summed E-state index contributed by atoms with van der Waals surface area (Å²) in [5.41, 5.74) is -0.334. The number of carbonyl (C=O) groups is 2. The Kier molecular flexibility index (Phi) is 5.83. The minimum atomic E-state index is -0.991. The first-order valence-corrected chi connectivity index (χ1v) is 5.94. The van der Waals surface area contributed by atoms with Gasteiger partial charge in [-0.2, -0.15) is 0 Å². The monoisotopic (exact) mass is 283 g/mol. The molecule has 0 radical (unpaired) electrons. The molecular formula is C14H15F2NO3. The number of benzene rings is 1. The lowest BCUT2D eigenvalue weighted by molar-refractivity contribution is -0.143. The summed E-state index contributed by atoms with van der Waals surface area (Å²) in [5, 5.41) is 2.36. The summed E-state index contributed by atoms with van der Waals surface area (Å²) in [4.78, 5) is 23.4. The fourth-order valence-corrected chi connectivity index (χ4v) is 1.59. The Bertz CT molecular complexity index is 517. The molecular weight excluding hydrogens is 268 g/mol. The van der Waals surface area contributed by atoms with Crippen LogP contribution in [-0.4, -0.2) is 25.0 Å². The number of nitrogens with one attached hydrogen (secondary N) is 1. The van der Waals surface area contributed by atoms with E-state index in [1.165, 1.54) is 7.11 Å². The van der Waals surface area contributed by atoms with Gasteiger partial charge in [0.05, 0.1) is 12.7 Å². The molecule has 4 nitrogen and oxygen atoms in total. The molecule has 0 aliphatic carbocycles. The van der Waals surface area contributed by atoms with Crippen molar-refractivity contribution in [3.05, 3.63) is 48.1 Å². The zero-order chi connectivity index (χ0) is 15.1. The maximum atomic E-state index is 13.5. The molecule has 0 unspecified atom stereocenters. The van der Waals surface area contributed by atoms with Gasteiger partial charge in [-0.05, 0) is 25.0 Å². The van der Waals surface area contributed by atoms with E-state index in [9.17, 15) is 18.4 Å². The largest absolute Gasteiger partial charge is 0.467 e. The minimum Gasteiger partial charge on any atom is -0.467 e. The lowest BCUT2D eigenvalue weighted by Gasteiger charge is -2.16. The van der Waals surface area contributed by atoms with Crippen LogP contribution in [0.4, 0.5) is 8.78 Å². The van der Waals surface area contributed by atoms with Crippen molar-refractivity contribution in [2.45, 2.75) is 18.9 Å². The van der Waals surface area contributed by atoms with Gasteiger partial charge in [-0.3, -0.25) is 4.79 Å². The molecule has 0 aliphatic heterocycles. The minimum absolute atomic E-state index is 0.282. The molecule has 20 heavy (non-hydrogen) atoms. The first-order valence-electron chi connectivity index (χ1n) is 5.94. The van der Waals surface area contributed by atoms with Crippen molar-refractivity contribution < 1.29 is 23.1 Å². The molecule has 0 saturated heterocycles. The van der Waals surface area contributed by atoms with Crippen molar-refractivity contribution >= 4 is 11.9 Å². The van der Waals surface area contributed by atoms with Crippen molar-refractivity contribution in [3.63, 3.8) is 0 Å². The van der Waals surface area contributed by atoms with E-state index < -0.39 is 29.6 Å². The first kappa shape index (κ1) is 15.8. The third-order valence-electron chi connectivity index (χ3n) is 2.63. The maximum Gasteiger partial charge on any atom is 0.328 e. The van der Waals surface area contributed by atoms with Crippen LogP contribution in [0.2, 0.25) is 0 Å². The van der Waals surface area contributed by atoms with Crippen LogP contribution in [0, 0.1) is 11.6 Å². The number of methoxy groups -OCH3 is 1. The van der Waals surface area contributed by atoms with Crippen molar-refractivity contribution in [1.82, 2.24) is 5.32 Å². The molecule has 1 amide bonds. The fourth-order valence-electron chi connectivity index (χ4n) is 1.59. The fraction of sp³-hybridized carbons (Fsp3) is 0.286. The van der Waals surface area contributed by atoms with Crippen LogP contribution in [0.15, 0.2) is 30.9 Å². The molecule has 0 saturated carbocycles. The number of halogens is 2. The van der Waals surface area contributed by atoms with Crippen molar-refractivity contribution in [2.75, 3.05) is 7.11 Å². The van der Waals surface area contributed by atoms with Crippen LogP contribution in [-0.2, 0) is 9.53 Å². The van der Waals surface area contributed by atoms with Gasteiger partial charge in [0, 0.05) is 6.07 Å². The quantitative estimate of drug-likeness (QED) is 0.643. The highest BCUT2D eigenvalue weighted by Gasteiger charge is 2.22. The second-order valence-corrected chi connectivity index (χ2v) is 4.04. The topological polar surface area (TPSA) is 55.4 Å². The standard InChI is InChI=1S/C14H15F2NO3/c1-3-4-5-12(14(19)20-2)17-13(18)10-7-6-9(15)8-11(10)16/h3,6-8,12H,1,4-5H2,2H3,(H,17,18)/t12-/m1/s1. The number of amides is 1. The van der Waals surface area contributed by atoms with E-state index in [0.717, 1.165) is 12.1 Å².